The molecule has 30 heavy (non-hydrogen) atoms. The molecule has 2 aromatic heterocycles. The van der Waals surface area contributed by atoms with Gasteiger partial charge in [0.15, 0.2) is 5.82 Å². The largest absolute Gasteiger partial charge is 0.495 e. The standard InChI is InChI=1S/C21H19N7O2/c1-30-18-6-3-2-5-17(18)27-21(29)26-16-9-7-15(8-10-16)25-19-13-20(23-14-22-19)28-12-4-11-24-28/h2-14H,1H3,(H,22,23,25)(H2,26,27,29). The molecule has 9 nitrogen and oxygen atoms in total. The summed E-state index contributed by atoms with van der Waals surface area (Å²) in [5, 5.41) is 12.9. The summed E-state index contributed by atoms with van der Waals surface area (Å²) in [7, 11) is 1.56. The van der Waals surface area contributed by atoms with Crippen molar-refractivity contribution in [3.8, 4) is 11.6 Å². The Balaban J connectivity index is 1.38. The second-order valence-electron chi connectivity index (χ2n) is 6.19. The van der Waals surface area contributed by atoms with Gasteiger partial charge in [0.2, 0.25) is 0 Å². The van der Waals surface area contributed by atoms with E-state index in [-0.39, 0.29) is 6.03 Å². The number of carbonyl (C=O) groups excluding carboxylic acids is 1. The van der Waals surface area contributed by atoms with Crippen LogP contribution in [0.5, 0.6) is 5.75 Å². The average molecular weight is 401 g/mol. The summed E-state index contributed by atoms with van der Waals surface area (Å²) in [5.74, 6) is 1.88. The maximum Gasteiger partial charge on any atom is 0.323 e. The molecule has 0 unspecified atom stereocenters. The normalized spacial score (nSPS) is 10.3. The molecule has 2 heterocycles. The number of anilines is 4. The second kappa shape index (κ2) is 8.74. The molecule has 0 bridgehead atoms. The number of para-hydroxylation sites is 2. The first-order valence-corrected chi connectivity index (χ1v) is 9.11. The van der Waals surface area contributed by atoms with Crippen LogP contribution in [0.3, 0.4) is 0 Å². The molecule has 0 radical (unpaired) electrons. The minimum Gasteiger partial charge on any atom is -0.495 e. The fourth-order valence-corrected chi connectivity index (χ4v) is 2.76. The van der Waals surface area contributed by atoms with E-state index in [0.29, 0.717) is 28.8 Å². The molecular formula is C21H19N7O2. The highest BCUT2D eigenvalue weighted by atomic mass is 16.5. The molecule has 2 aromatic carbocycles. The van der Waals surface area contributed by atoms with Crippen molar-refractivity contribution in [2.24, 2.45) is 0 Å². The van der Waals surface area contributed by atoms with Gasteiger partial charge in [0, 0.05) is 29.8 Å². The number of rotatable bonds is 6. The molecular weight excluding hydrogens is 382 g/mol. The molecule has 3 N–H and O–H groups in total. The molecule has 0 aliphatic heterocycles. The third kappa shape index (κ3) is 4.53. The van der Waals surface area contributed by atoms with Crippen LogP contribution in [0.25, 0.3) is 5.82 Å². The zero-order chi connectivity index (χ0) is 20.8. The lowest BCUT2D eigenvalue weighted by Gasteiger charge is -2.11. The molecule has 0 aliphatic rings. The van der Waals surface area contributed by atoms with Gasteiger partial charge in [0.05, 0.1) is 12.8 Å². The first kappa shape index (κ1) is 18.9. The fourth-order valence-electron chi connectivity index (χ4n) is 2.76. The Labute approximate surface area is 172 Å². The molecule has 0 spiro atoms. The Morgan fingerprint density at radius 2 is 1.77 bits per heavy atom. The zero-order valence-corrected chi connectivity index (χ0v) is 16.1. The van der Waals surface area contributed by atoms with E-state index in [4.69, 9.17) is 4.74 Å². The van der Waals surface area contributed by atoms with Gasteiger partial charge in [0.25, 0.3) is 0 Å². The number of carbonyl (C=O) groups is 1. The number of nitrogens with one attached hydrogen (secondary N) is 3. The first-order valence-electron chi connectivity index (χ1n) is 9.11. The van der Waals surface area contributed by atoms with Crippen LogP contribution in [-0.2, 0) is 0 Å². The Morgan fingerprint density at radius 1 is 0.967 bits per heavy atom. The Kier molecular flexibility index (Phi) is 5.52. The third-order valence-electron chi connectivity index (χ3n) is 4.16. The predicted octanol–water partition coefficient (Wildman–Crippen LogP) is 4.06. The number of nitrogens with zero attached hydrogens (tertiary/aromatic N) is 4. The van der Waals surface area contributed by atoms with Gasteiger partial charge in [-0.25, -0.2) is 19.4 Å². The van der Waals surface area contributed by atoms with Crippen LogP contribution in [0, 0.1) is 0 Å². The summed E-state index contributed by atoms with van der Waals surface area (Å²) in [6.45, 7) is 0. The van der Waals surface area contributed by atoms with Crippen molar-refractivity contribution >= 4 is 28.9 Å². The molecule has 9 heteroatoms. The van der Waals surface area contributed by atoms with Gasteiger partial charge in [-0.05, 0) is 42.5 Å². The summed E-state index contributed by atoms with van der Waals surface area (Å²) < 4.78 is 6.89. The minimum atomic E-state index is -0.361. The highest BCUT2D eigenvalue weighted by Crippen LogP contribution is 2.23. The van der Waals surface area contributed by atoms with Crippen LogP contribution in [0.2, 0.25) is 0 Å². The van der Waals surface area contributed by atoms with E-state index in [9.17, 15) is 4.79 Å². The van der Waals surface area contributed by atoms with Crippen molar-refractivity contribution in [3.63, 3.8) is 0 Å². The second-order valence-corrected chi connectivity index (χ2v) is 6.19. The van der Waals surface area contributed by atoms with Gasteiger partial charge in [-0.2, -0.15) is 5.10 Å². The van der Waals surface area contributed by atoms with Gasteiger partial charge in [-0.15, -0.1) is 0 Å². The number of urea groups is 1. The number of benzene rings is 2. The average Bonchev–Trinajstić information content (AvgIpc) is 3.31. The van der Waals surface area contributed by atoms with E-state index in [2.05, 4.69) is 31.0 Å². The number of ether oxygens (including phenoxy) is 1. The maximum atomic E-state index is 12.3. The van der Waals surface area contributed by atoms with Crippen molar-refractivity contribution in [1.29, 1.82) is 0 Å². The van der Waals surface area contributed by atoms with Crippen LogP contribution in [0.1, 0.15) is 0 Å². The van der Waals surface area contributed by atoms with E-state index in [0.717, 1.165) is 5.69 Å². The summed E-state index contributed by atoms with van der Waals surface area (Å²) in [4.78, 5) is 20.7. The smallest absolute Gasteiger partial charge is 0.323 e. The summed E-state index contributed by atoms with van der Waals surface area (Å²) >= 11 is 0. The SMILES string of the molecule is COc1ccccc1NC(=O)Nc1ccc(Nc2cc(-n3cccn3)ncn2)cc1. The summed E-state index contributed by atoms with van der Waals surface area (Å²) in [6, 6.07) is 17.7. The van der Waals surface area contributed by atoms with Crippen molar-refractivity contribution in [3.05, 3.63) is 79.4 Å². The number of methoxy groups -OCH3 is 1. The molecule has 2 amide bonds. The lowest BCUT2D eigenvalue weighted by atomic mass is 10.2. The Bertz CT molecular complexity index is 1130. The number of hydrogen-bond acceptors (Lipinski definition) is 6. The number of amides is 2. The summed E-state index contributed by atoms with van der Waals surface area (Å²) in [5.41, 5.74) is 2.05. The van der Waals surface area contributed by atoms with Crippen molar-refractivity contribution < 1.29 is 9.53 Å². The quantitative estimate of drug-likeness (QED) is 0.450. The maximum absolute atomic E-state index is 12.3. The molecule has 0 fully saturated rings. The number of aromatic nitrogens is 4. The fraction of sp³-hybridized carbons (Fsp3) is 0.0476. The van der Waals surface area contributed by atoms with Crippen molar-refractivity contribution in [1.82, 2.24) is 19.7 Å². The molecule has 4 rings (SSSR count). The van der Waals surface area contributed by atoms with Crippen LogP contribution < -0.4 is 20.7 Å². The molecule has 0 saturated heterocycles. The molecule has 0 saturated carbocycles. The van der Waals surface area contributed by atoms with E-state index in [1.807, 2.05) is 36.5 Å². The molecule has 150 valence electrons. The highest BCUT2D eigenvalue weighted by molar-refractivity contribution is 6.00. The monoisotopic (exact) mass is 401 g/mol. The summed E-state index contributed by atoms with van der Waals surface area (Å²) in [6.07, 6.45) is 4.96. The third-order valence-corrected chi connectivity index (χ3v) is 4.16. The predicted molar refractivity (Wildman–Crippen MR) is 115 cm³/mol. The van der Waals surface area contributed by atoms with Crippen LogP contribution in [0.15, 0.2) is 79.4 Å². The molecule has 4 aromatic rings. The van der Waals surface area contributed by atoms with E-state index in [1.54, 1.807) is 48.3 Å². The van der Waals surface area contributed by atoms with E-state index in [1.165, 1.54) is 6.33 Å². The molecule has 0 aliphatic carbocycles. The number of hydrogen-bond donors (Lipinski definition) is 3. The topological polar surface area (TPSA) is 106 Å². The van der Waals surface area contributed by atoms with Gasteiger partial charge in [0.1, 0.15) is 17.9 Å². The van der Waals surface area contributed by atoms with Gasteiger partial charge >= 0.3 is 6.03 Å². The molecule has 0 atom stereocenters. The lowest BCUT2D eigenvalue weighted by molar-refractivity contribution is 0.262. The van der Waals surface area contributed by atoms with Gasteiger partial charge in [-0.1, -0.05) is 12.1 Å². The Morgan fingerprint density at radius 3 is 2.53 bits per heavy atom. The Hall–Kier alpha value is -4.40. The van der Waals surface area contributed by atoms with Gasteiger partial charge < -0.3 is 20.7 Å². The van der Waals surface area contributed by atoms with Crippen molar-refractivity contribution in [2.45, 2.75) is 0 Å². The van der Waals surface area contributed by atoms with Crippen LogP contribution in [-0.4, -0.2) is 32.9 Å². The van der Waals surface area contributed by atoms with Gasteiger partial charge in [-0.3, -0.25) is 0 Å². The first-order chi connectivity index (χ1) is 14.7. The highest BCUT2D eigenvalue weighted by Gasteiger charge is 2.07. The minimum absolute atomic E-state index is 0.361. The van der Waals surface area contributed by atoms with Crippen LogP contribution >= 0.6 is 0 Å². The van der Waals surface area contributed by atoms with E-state index >= 15 is 0 Å². The van der Waals surface area contributed by atoms with E-state index < -0.39 is 0 Å². The van der Waals surface area contributed by atoms with Crippen LogP contribution in [0.4, 0.5) is 27.7 Å². The lowest BCUT2D eigenvalue weighted by Crippen LogP contribution is -2.19. The van der Waals surface area contributed by atoms with Crippen molar-refractivity contribution in [2.75, 3.05) is 23.1 Å². The zero-order valence-electron chi connectivity index (χ0n) is 16.1.